The largest absolute Gasteiger partial charge is 0.393 e. The Morgan fingerprint density at radius 2 is 1.85 bits per heavy atom. The summed E-state index contributed by atoms with van der Waals surface area (Å²) in [4.78, 5) is 25.8. The molecule has 5 N–H and O–H groups in total. The number of nitrogens with one attached hydrogen (secondary N) is 3. The van der Waals surface area contributed by atoms with Crippen molar-refractivity contribution in [2.24, 2.45) is 0 Å². The minimum Gasteiger partial charge on any atom is -0.393 e. The quantitative estimate of drug-likeness (QED) is 0.494. The van der Waals surface area contributed by atoms with E-state index in [-0.39, 0.29) is 17.4 Å². The molecule has 10 heteroatoms. The van der Waals surface area contributed by atoms with E-state index in [9.17, 15) is 4.79 Å². The molecule has 1 amide bonds. The average Bonchev–Trinajstić information content (AvgIpc) is 2.93. The number of hydrogen-bond acceptors (Lipinski definition) is 8. The molecule has 0 unspecified atom stereocenters. The monoisotopic (exact) mass is 389 g/mol. The Kier molecular flexibility index (Phi) is 5.19. The normalized spacial score (nSPS) is 10.4. The molecule has 0 aliphatic heterocycles. The number of nitrogens with zero attached hydrogens (tertiary/aromatic N) is 3. The van der Waals surface area contributed by atoms with Gasteiger partial charge in [0.15, 0.2) is 16.8 Å². The van der Waals surface area contributed by atoms with E-state index in [1.807, 2.05) is 13.8 Å². The third kappa shape index (κ3) is 4.01. The Balaban J connectivity index is 1.70. The lowest BCUT2D eigenvalue weighted by atomic mass is 10.2. The van der Waals surface area contributed by atoms with Crippen LogP contribution in [0.5, 0.6) is 0 Å². The maximum Gasteiger partial charge on any atom is 0.269 e. The first-order valence-electron chi connectivity index (χ1n) is 7.57. The molecular weight excluding hydrogens is 374 g/mol. The van der Waals surface area contributed by atoms with E-state index in [0.717, 1.165) is 10.6 Å². The summed E-state index contributed by atoms with van der Waals surface area (Å²) in [5.41, 5.74) is 13.0. The number of benzene rings is 1. The third-order valence-corrected chi connectivity index (χ3v) is 4.78. The summed E-state index contributed by atoms with van der Waals surface area (Å²) in [6, 6.07) is 6.50. The number of hydrazine groups is 1. The molecule has 2 heterocycles. The van der Waals surface area contributed by atoms with Crippen LogP contribution in [0, 0.1) is 13.8 Å². The smallest absolute Gasteiger partial charge is 0.269 e. The number of carbonyl (C=O) groups excluding carboxylic acids is 1. The number of carbonyl (C=O) groups is 1. The standard InChI is InChI=1S/C16H16ClN7OS/c1-8-9(2)26-16(21-8)22-13-12(18)14(20-7-19-13)23-24-15(25)10-3-5-11(17)6-4-10/h3-7H,18H2,1-2H3,(H,24,25)(H2,19,20,21,22,23). The lowest BCUT2D eigenvalue weighted by Gasteiger charge is -2.12. The zero-order valence-corrected chi connectivity index (χ0v) is 15.6. The second-order valence-corrected chi connectivity index (χ2v) is 7.00. The van der Waals surface area contributed by atoms with Crippen molar-refractivity contribution in [1.82, 2.24) is 20.4 Å². The molecule has 0 bridgehead atoms. The molecule has 3 aromatic rings. The van der Waals surface area contributed by atoms with Crippen molar-refractivity contribution in [3.63, 3.8) is 0 Å². The molecule has 1 aromatic carbocycles. The van der Waals surface area contributed by atoms with Crippen molar-refractivity contribution in [2.45, 2.75) is 13.8 Å². The minimum atomic E-state index is -0.347. The van der Waals surface area contributed by atoms with E-state index < -0.39 is 0 Å². The molecule has 3 rings (SSSR count). The highest BCUT2D eigenvalue weighted by Crippen LogP contribution is 2.28. The van der Waals surface area contributed by atoms with Crippen molar-refractivity contribution in [1.29, 1.82) is 0 Å². The van der Waals surface area contributed by atoms with Gasteiger partial charge >= 0.3 is 0 Å². The minimum absolute atomic E-state index is 0.259. The number of nitrogen functional groups attached to an aromatic ring is 1. The van der Waals surface area contributed by atoms with Crippen molar-refractivity contribution >= 4 is 51.3 Å². The van der Waals surface area contributed by atoms with Crippen molar-refractivity contribution in [3.8, 4) is 0 Å². The number of halogens is 1. The summed E-state index contributed by atoms with van der Waals surface area (Å²) in [5, 5.41) is 4.30. The van der Waals surface area contributed by atoms with Gasteiger partial charge in [-0.2, -0.15) is 0 Å². The highest BCUT2D eigenvalue weighted by atomic mass is 35.5. The van der Waals surface area contributed by atoms with Crippen molar-refractivity contribution in [2.75, 3.05) is 16.5 Å². The molecule has 0 atom stereocenters. The van der Waals surface area contributed by atoms with E-state index in [2.05, 4.69) is 31.1 Å². The lowest BCUT2D eigenvalue weighted by Crippen LogP contribution is -2.30. The maximum atomic E-state index is 12.1. The summed E-state index contributed by atoms with van der Waals surface area (Å²) in [7, 11) is 0. The van der Waals surface area contributed by atoms with Gasteiger partial charge in [-0.05, 0) is 38.1 Å². The summed E-state index contributed by atoms with van der Waals surface area (Å²) in [5.74, 6) is 0.326. The van der Waals surface area contributed by atoms with Crippen LogP contribution in [-0.2, 0) is 0 Å². The molecule has 0 aliphatic carbocycles. The van der Waals surface area contributed by atoms with Gasteiger partial charge in [-0.25, -0.2) is 15.0 Å². The number of rotatable bonds is 5. The fraction of sp³-hybridized carbons (Fsp3) is 0.125. The molecule has 0 fully saturated rings. The molecule has 8 nitrogen and oxygen atoms in total. The van der Waals surface area contributed by atoms with E-state index in [1.54, 1.807) is 24.3 Å². The molecule has 2 aromatic heterocycles. The Morgan fingerprint density at radius 3 is 2.50 bits per heavy atom. The van der Waals surface area contributed by atoms with E-state index in [0.29, 0.717) is 21.5 Å². The van der Waals surface area contributed by atoms with Crippen LogP contribution in [0.1, 0.15) is 20.9 Å². The van der Waals surface area contributed by atoms with Crippen LogP contribution in [-0.4, -0.2) is 20.9 Å². The number of nitrogens with two attached hydrogens (primary N) is 1. The van der Waals surface area contributed by atoms with Gasteiger partial charge in [-0.1, -0.05) is 11.6 Å². The molecular formula is C16H16ClN7OS. The van der Waals surface area contributed by atoms with Crippen LogP contribution in [0.4, 0.5) is 22.5 Å². The van der Waals surface area contributed by atoms with Crippen LogP contribution >= 0.6 is 22.9 Å². The lowest BCUT2D eigenvalue weighted by molar-refractivity contribution is 0.0962. The second kappa shape index (κ2) is 7.54. The Hall–Kier alpha value is -2.91. The molecule has 26 heavy (non-hydrogen) atoms. The van der Waals surface area contributed by atoms with Gasteiger partial charge in [0.25, 0.3) is 5.91 Å². The fourth-order valence-electron chi connectivity index (χ4n) is 2.01. The SMILES string of the molecule is Cc1nc(Nc2ncnc(NNC(=O)c3ccc(Cl)cc3)c2N)sc1C. The number of anilines is 4. The van der Waals surface area contributed by atoms with Gasteiger partial charge in [-0.3, -0.25) is 15.6 Å². The second-order valence-electron chi connectivity index (χ2n) is 5.36. The first-order chi connectivity index (χ1) is 12.4. The average molecular weight is 390 g/mol. The van der Waals surface area contributed by atoms with Gasteiger partial charge in [0.1, 0.15) is 12.0 Å². The van der Waals surface area contributed by atoms with E-state index >= 15 is 0 Å². The summed E-state index contributed by atoms with van der Waals surface area (Å²) >= 11 is 7.31. The summed E-state index contributed by atoms with van der Waals surface area (Å²) < 4.78 is 0. The molecule has 0 spiro atoms. The highest BCUT2D eigenvalue weighted by Gasteiger charge is 2.12. The zero-order chi connectivity index (χ0) is 18.7. The van der Waals surface area contributed by atoms with Crippen LogP contribution in [0.25, 0.3) is 0 Å². The van der Waals surface area contributed by atoms with E-state index in [1.165, 1.54) is 17.7 Å². The number of aryl methyl sites for hydroxylation is 2. The maximum absolute atomic E-state index is 12.1. The molecule has 0 saturated carbocycles. The number of thiazole rings is 1. The van der Waals surface area contributed by atoms with Crippen LogP contribution in [0.2, 0.25) is 5.02 Å². The Labute approximate surface area is 158 Å². The fourth-order valence-corrected chi connectivity index (χ4v) is 2.95. The number of hydrogen-bond donors (Lipinski definition) is 4. The number of aromatic nitrogens is 3. The van der Waals surface area contributed by atoms with Crippen LogP contribution in [0.15, 0.2) is 30.6 Å². The Morgan fingerprint density at radius 1 is 1.15 bits per heavy atom. The van der Waals surface area contributed by atoms with Gasteiger partial charge < -0.3 is 11.1 Å². The first kappa shape index (κ1) is 17.9. The number of amides is 1. The molecule has 0 radical (unpaired) electrons. The Bertz CT molecular complexity index is 923. The van der Waals surface area contributed by atoms with Gasteiger partial charge in [0, 0.05) is 15.5 Å². The zero-order valence-electron chi connectivity index (χ0n) is 14.0. The predicted molar refractivity (Wildman–Crippen MR) is 104 cm³/mol. The van der Waals surface area contributed by atoms with Crippen molar-refractivity contribution in [3.05, 3.63) is 51.7 Å². The van der Waals surface area contributed by atoms with Gasteiger partial charge in [-0.15, -0.1) is 11.3 Å². The summed E-state index contributed by atoms with van der Waals surface area (Å²) in [6.07, 6.45) is 1.34. The van der Waals surface area contributed by atoms with Crippen molar-refractivity contribution < 1.29 is 4.79 Å². The molecule has 0 aliphatic rings. The first-order valence-corrected chi connectivity index (χ1v) is 8.77. The predicted octanol–water partition coefficient (Wildman–Crippen LogP) is 3.29. The van der Waals surface area contributed by atoms with E-state index in [4.69, 9.17) is 17.3 Å². The molecule has 0 saturated heterocycles. The summed E-state index contributed by atoms with van der Waals surface area (Å²) in [6.45, 7) is 3.92. The molecule has 134 valence electrons. The van der Waals surface area contributed by atoms with Gasteiger partial charge in [0.2, 0.25) is 0 Å². The topological polar surface area (TPSA) is 118 Å². The van der Waals surface area contributed by atoms with Crippen LogP contribution < -0.4 is 21.9 Å². The highest BCUT2D eigenvalue weighted by molar-refractivity contribution is 7.15. The van der Waals surface area contributed by atoms with Gasteiger partial charge in [0.05, 0.1) is 5.69 Å². The van der Waals surface area contributed by atoms with Crippen LogP contribution in [0.3, 0.4) is 0 Å². The third-order valence-electron chi connectivity index (χ3n) is 3.54.